The highest BCUT2D eigenvalue weighted by atomic mass is 32.2. The van der Waals surface area contributed by atoms with E-state index >= 15 is 0 Å². The molecule has 174 valence electrons. The molecule has 4 rings (SSSR count). The summed E-state index contributed by atoms with van der Waals surface area (Å²) in [5.41, 5.74) is 0.806. The molecule has 2 aromatic carbocycles. The molecule has 8 nitrogen and oxygen atoms in total. The van der Waals surface area contributed by atoms with E-state index in [1.54, 1.807) is 31.2 Å². The van der Waals surface area contributed by atoms with Gasteiger partial charge in [0, 0.05) is 28.9 Å². The van der Waals surface area contributed by atoms with Gasteiger partial charge in [0.15, 0.2) is 6.61 Å². The number of thiophene rings is 1. The largest absolute Gasteiger partial charge is 0.451 e. The zero-order chi connectivity index (χ0) is 23.6. The molecule has 1 N–H and O–H groups in total. The lowest BCUT2D eigenvalue weighted by molar-refractivity contribution is -0.119. The molecule has 0 spiro atoms. The van der Waals surface area contributed by atoms with Crippen molar-refractivity contribution in [2.75, 3.05) is 38.2 Å². The average molecular weight is 493 g/mol. The quantitative estimate of drug-likeness (QED) is 0.531. The molecule has 0 atom stereocenters. The fraction of sp³-hybridized carbons (Fsp3) is 0.273. The summed E-state index contributed by atoms with van der Waals surface area (Å²) in [5.74, 6) is -1.82. The van der Waals surface area contributed by atoms with Gasteiger partial charge in [-0.15, -0.1) is 11.3 Å². The van der Waals surface area contributed by atoms with E-state index in [0.29, 0.717) is 28.9 Å². The van der Waals surface area contributed by atoms with Crippen molar-refractivity contribution < 1.29 is 31.9 Å². The SMILES string of the molecule is Cc1ccc(NC(=O)COC(=O)c2cc3c(F)cccc3s2)cc1S(=O)(=O)N1CCOCC1. The molecule has 1 aromatic heterocycles. The zero-order valence-electron chi connectivity index (χ0n) is 17.7. The van der Waals surface area contributed by atoms with Crippen molar-refractivity contribution in [2.45, 2.75) is 11.8 Å². The Labute approximate surface area is 194 Å². The van der Waals surface area contributed by atoms with Crippen LogP contribution in [0.4, 0.5) is 10.1 Å². The molecule has 1 aliphatic rings. The summed E-state index contributed by atoms with van der Waals surface area (Å²) >= 11 is 1.07. The highest BCUT2D eigenvalue weighted by Gasteiger charge is 2.28. The second kappa shape index (κ2) is 9.56. The van der Waals surface area contributed by atoms with Crippen molar-refractivity contribution in [1.29, 1.82) is 0 Å². The molecule has 0 bridgehead atoms. The fourth-order valence-corrected chi connectivity index (χ4v) is 6.03. The van der Waals surface area contributed by atoms with Gasteiger partial charge >= 0.3 is 5.97 Å². The number of nitrogens with zero attached hydrogens (tertiary/aromatic N) is 1. The molecule has 1 saturated heterocycles. The first-order chi connectivity index (χ1) is 15.8. The third-order valence-corrected chi connectivity index (χ3v) is 8.22. The number of esters is 1. The number of carbonyl (C=O) groups excluding carboxylic acids is 2. The smallest absolute Gasteiger partial charge is 0.348 e. The van der Waals surface area contributed by atoms with Crippen LogP contribution < -0.4 is 5.32 Å². The lowest BCUT2D eigenvalue weighted by atomic mass is 10.2. The van der Waals surface area contributed by atoms with Crippen LogP contribution in [0, 0.1) is 12.7 Å². The zero-order valence-corrected chi connectivity index (χ0v) is 19.3. The van der Waals surface area contributed by atoms with E-state index in [1.165, 1.54) is 22.5 Å². The summed E-state index contributed by atoms with van der Waals surface area (Å²) in [4.78, 5) is 24.8. The topological polar surface area (TPSA) is 102 Å². The molecule has 0 radical (unpaired) electrons. The number of sulfonamides is 1. The van der Waals surface area contributed by atoms with Crippen molar-refractivity contribution in [3.8, 4) is 0 Å². The summed E-state index contributed by atoms with van der Waals surface area (Å²) in [6.07, 6.45) is 0. The van der Waals surface area contributed by atoms with Gasteiger partial charge in [0.1, 0.15) is 10.7 Å². The number of ether oxygens (including phenoxy) is 2. The van der Waals surface area contributed by atoms with Gasteiger partial charge in [-0.25, -0.2) is 17.6 Å². The first kappa shape index (κ1) is 23.3. The van der Waals surface area contributed by atoms with Gasteiger partial charge < -0.3 is 14.8 Å². The van der Waals surface area contributed by atoms with Crippen molar-refractivity contribution in [3.63, 3.8) is 0 Å². The van der Waals surface area contributed by atoms with E-state index in [-0.39, 0.29) is 28.5 Å². The van der Waals surface area contributed by atoms with E-state index in [0.717, 1.165) is 11.3 Å². The van der Waals surface area contributed by atoms with Gasteiger partial charge in [-0.2, -0.15) is 4.31 Å². The van der Waals surface area contributed by atoms with Gasteiger partial charge in [-0.05, 0) is 42.8 Å². The number of benzene rings is 2. The summed E-state index contributed by atoms with van der Waals surface area (Å²) in [7, 11) is -3.74. The van der Waals surface area contributed by atoms with Crippen molar-refractivity contribution in [2.24, 2.45) is 0 Å². The summed E-state index contributed by atoms with van der Waals surface area (Å²) in [5, 5.41) is 2.86. The maximum Gasteiger partial charge on any atom is 0.348 e. The maximum atomic E-state index is 13.8. The molecule has 0 unspecified atom stereocenters. The van der Waals surface area contributed by atoms with Crippen molar-refractivity contribution >= 4 is 49.0 Å². The molecule has 0 aliphatic carbocycles. The molecule has 11 heteroatoms. The number of nitrogens with one attached hydrogen (secondary N) is 1. The number of aryl methyl sites for hydroxylation is 1. The second-order valence-corrected chi connectivity index (χ2v) is 10.4. The first-order valence-electron chi connectivity index (χ1n) is 10.1. The molecule has 1 fully saturated rings. The summed E-state index contributed by atoms with van der Waals surface area (Å²) in [6.45, 7) is 2.27. The van der Waals surface area contributed by atoms with Crippen molar-refractivity contribution in [1.82, 2.24) is 4.31 Å². The minimum absolute atomic E-state index is 0.0893. The van der Waals surface area contributed by atoms with Crippen LogP contribution >= 0.6 is 11.3 Å². The Balaban J connectivity index is 1.41. The summed E-state index contributed by atoms with van der Waals surface area (Å²) < 4.78 is 52.0. The number of fused-ring (bicyclic) bond motifs is 1. The van der Waals surface area contributed by atoms with Gasteiger partial charge in [0.25, 0.3) is 5.91 Å². The Bertz CT molecular complexity index is 1320. The minimum atomic E-state index is -3.74. The third-order valence-electron chi connectivity index (χ3n) is 5.10. The number of anilines is 1. The van der Waals surface area contributed by atoms with E-state index < -0.39 is 34.3 Å². The average Bonchev–Trinajstić information content (AvgIpc) is 3.25. The monoisotopic (exact) mass is 492 g/mol. The standard InChI is InChI=1S/C22H21FN2O6S2/c1-14-5-6-15(11-20(14)33(28,29)25-7-9-30-10-8-25)24-21(26)13-31-22(27)19-12-16-17(23)3-2-4-18(16)32-19/h2-6,11-12H,7-10,13H2,1H3,(H,24,26). The molecule has 1 aliphatic heterocycles. The van der Waals surface area contributed by atoms with Crippen LogP contribution in [0.1, 0.15) is 15.2 Å². The normalized spacial score (nSPS) is 14.8. The predicted octanol–water partition coefficient (Wildman–Crippen LogP) is 3.17. The number of halogens is 1. The number of hydrogen-bond donors (Lipinski definition) is 1. The van der Waals surface area contributed by atoms with E-state index in [1.807, 2.05) is 0 Å². The lowest BCUT2D eigenvalue weighted by Crippen LogP contribution is -2.40. The van der Waals surface area contributed by atoms with E-state index in [2.05, 4.69) is 5.32 Å². The Morgan fingerprint density at radius 2 is 1.94 bits per heavy atom. The molecular weight excluding hydrogens is 471 g/mol. The Morgan fingerprint density at radius 3 is 2.67 bits per heavy atom. The van der Waals surface area contributed by atoms with Crippen LogP contribution in [0.25, 0.3) is 10.1 Å². The number of rotatable bonds is 6. The maximum absolute atomic E-state index is 13.8. The van der Waals surface area contributed by atoms with Crippen LogP contribution in [-0.4, -0.2) is 57.5 Å². The number of morpholine rings is 1. The van der Waals surface area contributed by atoms with Crippen LogP contribution in [-0.2, 0) is 24.3 Å². The molecule has 1 amide bonds. The van der Waals surface area contributed by atoms with E-state index in [4.69, 9.17) is 9.47 Å². The van der Waals surface area contributed by atoms with Gasteiger partial charge in [0.05, 0.1) is 18.1 Å². The Morgan fingerprint density at radius 1 is 1.18 bits per heavy atom. The van der Waals surface area contributed by atoms with Crippen LogP contribution in [0.5, 0.6) is 0 Å². The van der Waals surface area contributed by atoms with E-state index in [9.17, 15) is 22.4 Å². The molecular formula is C22H21FN2O6S2. The third kappa shape index (κ3) is 5.06. The number of amides is 1. The molecule has 3 aromatic rings. The van der Waals surface area contributed by atoms with Crippen molar-refractivity contribution in [3.05, 3.63) is 58.7 Å². The van der Waals surface area contributed by atoms with Gasteiger partial charge in [-0.1, -0.05) is 12.1 Å². The summed E-state index contributed by atoms with van der Waals surface area (Å²) in [6, 6.07) is 10.5. The molecule has 2 heterocycles. The Kier molecular flexibility index (Phi) is 6.75. The second-order valence-electron chi connectivity index (χ2n) is 7.38. The minimum Gasteiger partial charge on any atom is -0.451 e. The number of hydrogen-bond acceptors (Lipinski definition) is 7. The van der Waals surface area contributed by atoms with Gasteiger partial charge in [0.2, 0.25) is 10.0 Å². The molecule has 0 saturated carbocycles. The van der Waals surface area contributed by atoms with Crippen LogP contribution in [0.2, 0.25) is 0 Å². The van der Waals surface area contributed by atoms with Crippen LogP contribution in [0.15, 0.2) is 47.4 Å². The lowest BCUT2D eigenvalue weighted by Gasteiger charge is -2.26. The highest BCUT2D eigenvalue weighted by Crippen LogP contribution is 2.28. The predicted molar refractivity (Wildman–Crippen MR) is 121 cm³/mol. The highest BCUT2D eigenvalue weighted by molar-refractivity contribution is 7.89. The van der Waals surface area contributed by atoms with Crippen LogP contribution in [0.3, 0.4) is 0 Å². The number of carbonyl (C=O) groups is 2. The Hall–Kier alpha value is -2.86. The first-order valence-corrected chi connectivity index (χ1v) is 12.3. The van der Waals surface area contributed by atoms with Gasteiger partial charge in [-0.3, -0.25) is 4.79 Å². The fourth-order valence-electron chi connectivity index (χ4n) is 3.41. The molecule has 33 heavy (non-hydrogen) atoms.